The Morgan fingerprint density at radius 1 is 1.04 bits per heavy atom. The molecule has 3 nitrogen and oxygen atoms in total. The van der Waals surface area contributed by atoms with Gasteiger partial charge in [-0.3, -0.25) is 4.31 Å². The molecule has 28 heavy (non-hydrogen) atoms. The first-order chi connectivity index (χ1) is 13.4. The van der Waals surface area contributed by atoms with Gasteiger partial charge in [-0.25, -0.2) is 0 Å². The largest absolute Gasteiger partial charge is 0.370 e. The third-order valence-corrected chi connectivity index (χ3v) is 7.29. The summed E-state index contributed by atoms with van der Waals surface area (Å²) in [5.74, 6) is 0. The first-order valence-electron chi connectivity index (χ1n) is 9.80. The monoisotopic (exact) mass is 435 g/mol. The number of hydrogen-bond donors (Lipinski definition) is 1. The van der Waals surface area contributed by atoms with E-state index in [2.05, 4.69) is 78.3 Å². The van der Waals surface area contributed by atoms with Crippen molar-refractivity contribution in [2.24, 2.45) is 0 Å². The van der Waals surface area contributed by atoms with Crippen LogP contribution in [-0.4, -0.2) is 31.5 Å². The number of piperidine rings is 1. The van der Waals surface area contributed by atoms with Crippen LogP contribution in [0.15, 0.2) is 47.4 Å². The Morgan fingerprint density at radius 2 is 1.75 bits per heavy atom. The van der Waals surface area contributed by atoms with E-state index in [0.717, 1.165) is 28.7 Å². The van der Waals surface area contributed by atoms with Crippen LogP contribution in [0.5, 0.6) is 0 Å². The highest BCUT2D eigenvalue weighted by Gasteiger charge is 2.24. The standard InChI is InChI=1S/C22H30ClN3S2/c1-22(2,28-25(3)4)17-12-13-18(23)21(16-17)27-24-19-10-6-7-11-20(19)26-14-8-5-9-15-26/h6-7,10-13,16,24H,5,8-9,14-15H2,1-4H3. The van der Waals surface area contributed by atoms with E-state index in [1.54, 1.807) is 11.9 Å². The number of nitrogens with zero attached hydrogens (tertiary/aromatic N) is 2. The van der Waals surface area contributed by atoms with Crippen LogP contribution in [-0.2, 0) is 4.75 Å². The number of anilines is 2. The van der Waals surface area contributed by atoms with Gasteiger partial charge in [0.25, 0.3) is 0 Å². The molecule has 152 valence electrons. The van der Waals surface area contributed by atoms with Crippen molar-refractivity contribution in [3.8, 4) is 0 Å². The molecule has 0 amide bonds. The zero-order valence-corrected chi connectivity index (χ0v) is 19.6. The number of halogens is 1. The van der Waals surface area contributed by atoms with Gasteiger partial charge < -0.3 is 9.62 Å². The predicted molar refractivity (Wildman–Crippen MR) is 128 cm³/mol. The van der Waals surface area contributed by atoms with Crippen molar-refractivity contribution in [1.82, 2.24) is 4.31 Å². The molecule has 0 atom stereocenters. The summed E-state index contributed by atoms with van der Waals surface area (Å²) >= 11 is 9.93. The average Bonchev–Trinajstić information content (AvgIpc) is 2.67. The van der Waals surface area contributed by atoms with Crippen molar-refractivity contribution in [2.75, 3.05) is 36.8 Å². The molecule has 0 bridgehead atoms. The normalized spacial score (nSPS) is 15.1. The van der Waals surface area contributed by atoms with Crippen LogP contribution < -0.4 is 9.62 Å². The van der Waals surface area contributed by atoms with E-state index < -0.39 is 0 Å². The van der Waals surface area contributed by atoms with Gasteiger partial charge in [0.15, 0.2) is 0 Å². The number of nitrogens with one attached hydrogen (secondary N) is 1. The number of hydrogen-bond acceptors (Lipinski definition) is 5. The van der Waals surface area contributed by atoms with E-state index in [1.807, 2.05) is 18.0 Å². The van der Waals surface area contributed by atoms with Crippen molar-refractivity contribution in [1.29, 1.82) is 0 Å². The summed E-state index contributed by atoms with van der Waals surface area (Å²) in [6.45, 7) is 6.76. The van der Waals surface area contributed by atoms with Gasteiger partial charge in [-0.1, -0.05) is 41.7 Å². The Bertz CT molecular complexity index is 789. The maximum Gasteiger partial charge on any atom is 0.0679 e. The molecule has 0 aromatic heterocycles. The first-order valence-corrected chi connectivity index (χ1v) is 11.8. The molecule has 1 aliphatic heterocycles. The average molecular weight is 436 g/mol. The number of rotatable bonds is 7. The van der Waals surface area contributed by atoms with Gasteiger partial charge in [0, 0.05) is 22.7 Å². The summed E-state index contributed by atoms with van der Waals surface area (Å²) in [4.78, 5) is 3.54. The number of para-hydroxylation sites is 2. The minimum absolute atomic E-state index is 0.0187. The van der Waals surface area contributed by atoms with Gasteiger partial charge in [0.05, 0.1) is 16.4 Å². The van der Waals surface area contributed by atoms with E-state index in [1.165, 1.54) is 30.5 Å². The molecule has 2 aromatic rings. The summed E-state index contributed by atoms with van der Waals surface area (Å²) < 4.78 is 5.69. The maximum atomic E-state index is 6.52. The Labute approximate surface area is 183 Å². The van der Waals surface area contributed by atoms with Crippen LogP contribution in [0.25, 0.3) is 0 Å². The number of benzene rings is 2. The molecule has 1 saturated heterocycles. The van der Waals surface area contributed by atoms with Gasteiger partial charge in [0.1, 0.15) is 0 Å². The molecule has 6 heteroatoms. The minimum Gasteiger partial charge on any atom is -0.370 e. The van der Waals surface area contributed by atoms with Crippen LogP contribution >= 0.6 is 35.5 Å². The second-order valence-electron chi connectivity index (χ2n) is 7.83. The summed E-state index contributed by atoms with van der Waals surface area (Å²) in [7, 11) is 4.16. The summed E-state index contributed by atoms with van der Waals surface area (Å²) in [6.07, 6.45) is 3.88. The minimum atomic E-state index is -0.0187. The lowest BCUT2D eigenvalue weighted by molar-refractivity contribution is 0.578. The maximum absolute atomic E-state index is 6.52. The van der Waals surface area contributed by atoms with Gasteiger partial charge >= 0.3 is 0 Å². The molecule has 3 rings (SSSR count). The first kappa shape index (κ1) is 21.7. The van der Waals surface area contributed by atoms with Crippen LogP contribution in [0.4, 0.5) is 11.4 Å². The van der Waals surface area contributed by atoms with Crippen molar-refractivity contribution < 1.29 is 0 Å². The molecule has 0 saturated carbocycles. The van der Waals surface area contributed by atoms with Crippen molar-refractivity contribution in [2.45, 2.75) is 42.8 Å². The highest BCUT2D eigenvalue weighted by atomic mass is 35.5. The molecule has 0 aliphatic carbocycles. The zero-order chi connectivity index (χ0) is 20.1. The Balaban J connectivity index is 1.77. The van der Waals surface area contributed by atoms with Crippen molar-refractivity contribution >= 4 is 46.9 Å². The fourth-order valence-electron chi connectivity index (χ4n) is 3.55. The molecular weight excluding hydrogens is 406 g/mol. The quantitative estimate of drug-likeness (QED) is 0.475. The summed E-state index contributed by atoms with van der Waals surface area (Å²) in [5.41, 5.74) is 3.70. The molecule has 0 unspecified atom stereocenters. The van der Waals surface area contributed by atoms with E-state index in [-0.39, 0.29) is 4.75 Å². The second kappa shape index (κ2) is 9.66. The van der Waals surface area contributed by atoms with Gasteiger partial charge in [-0.05, 0) is 89.0 Å². The Kier molecular flexibility index (Phi) is 7.48. The van der Waals surface area contributed by atoms with E-state index in [0.29, 0.717) is 0 Å². The highest BCUT2D eigenvalue weighted by Crippen LogP contribution is 2.40. The van der Waals surface area contributed by atoms with Gasteiger partial charge in [-0.2, -0.15) is 0 Å². The summed E-state index contributed by atoms with van der Waals surface area (Å²) in [6, 6.07) is 14.9. The SMILES string of the molecule is CN(C)SC(C)(C)c1ccc(Cl)c(SNc2ccccc2N2CCCCC2)c1. The molecule has 2 aromatic carbocycles. The predicted octanol–water partition coefficient (Wildman–Crippen LogP) is 6.89. The molecule has 1 N–H and O–H groups in total. The second-order valence-corrected chi connectivity index (χ2v) is 11.0. The Hall–Kier alpha value is -1.01. The molecule has 0 radical (unpaired) electrons. The molecule has 1 heterocycles. The van der Waals surface area contributed by atoms with Crippen molar-refractivity contribution in [3.63, 3.8) is 0 Å². The smallest absolute Gasteiger partial charge is 0.0679 e. The van der Waals surface area contributed by atoms with Crippen molar-refractivity contribution in [3.05, 3.63) is 53.1 Å². The molecule has 0 spiro atoms. The van der Waals surface area contributed by atoms with E-state index >= 15 is 0 Å². The topological polar surface area (TPSA) is 18.5 Å². The lowest BCUT2D eigenvalue weighted by Gasteiger charge is -2.30. The zero-order valence-electron chi connectivity index (χ0n) is 17.2. The van der Waals surface area contributed by atoms with Crippen LogP contribution in [0, 0.1) is 0 Å². The van der Waals surface area contributed by atoms with Crippen LogP contribution in [0.1, 0.15) is 38.7 Å². The lowest BCUT2D eigenvalue weighted by atomic mass is 10.0. The van der Waals surface area contributed by atoms with Gasteiger partial charge in [-0.15, -0.1) is 0 Å². The Morgan fingerprint density at radius 3 is 2.46 bits per heavy atom. The fraction of sp³-hybridized carbons (Fsp3) is 0.455. The molecule has 1 fully saturated rings. The molecule has 1 aliphatic rings. The lowest BCUT2D eigenvalue weighted by Crippen LogP contribution is -2.29. The molecular formula is C22H30ClN3S2. The van der Waals surface area contributed by atoms with E-state index in [9.17, 15) is 0 Å². The van der Waals surface area contributed by atoms with Crippen LogP contribution in [0.3, 0.4) is 0 Å². The van der Waals surface area contributed by atoms with E-state index in [4.69, 9.17) is 11.6 Å². The third kappa shape index (κ3) is 5.53. The fourth-order valence-corrected chi connectivity index (χ4v) is 5.67. The van der Waals surface area contributed by atoms with Gasteiger partial charge in [0.2, 0.25) is 0 Å². The third-order valence-electron chi connectivity index (χ3n) is 4.91. The summed E-state index contributed by atoms with van der Waals surface area (Å²) in [5, 5.41) is 0.780. The highest BCUT2D eigenvalue weighted by molar-refractivity contribution is 8.00. The van der Waals surface area contributed by atoms with Crippen LogP contribution in [0.2, 0.25) is 5.02 Å².